The van der Waals surface area contributed by atoms with Crippen molar-refractivity contribution in [3.05, 3.63) is 58.7 Å². The first-order valence-corrected chi connectivity index (χ1v) is 11.2. The molecule has 1 aromatic carbocycles. The molecule has 1 unspecified atom stereocenters. The van der Waals surface area contributed by atoms with Crippen LogP contribution in [0.5, 0.6) is 0 Å². The maximum Gasteiger partial charge on any atom is 0.251 e. The van der Waals surface area contributed by atoms with Gasteiger partial charge < -0.3 is 15.7 Å². The second-order valence-corrected chi connectivity index (χ2v) is 10.4. The van der Waals surface area contributed by atoms with Crippen LogP contribution in [0.4, 0.5) is 0 Å². The molecule has 0 heterocycles. The number of rotatable bonds is 7. The summed E-state index contributed by atoms with van der Waals surface area (Å²) in [6, 6.07) is 7.54. The van der Waals surface area contributed by atoms with Crippen LogP contribution in [0.1, 0.15) is 83.1 Å². The number of hydrogen-bond acceptors (Lipinski definition) is 3. The normalized spacial score (nSPS) is 15.6. The van der Waals surface area contributed by atoms with Crippen molar-refractivity contribution in [2.45, 2.75) is 90.8 Å². The second-order valence-electron chi connectivity index (χ2n) is 10.4. The number of nitrogens with one attached hydrogen (secondary N) is 2. The van der Waals surface area contributed by atoms with Crippen molar-refractivity contribution in [2.75, 3.05) is 0 Å². The van der Waals surface area contributed by atoms with E-state index in [0.29, 0.717) is 30.4 Å². The summed E-state index contributed by atoms with van der Waals surface area (Å²) in [5, 5.41) is 16.7. The molecule has 0 saturated carbocycles. The third kappa shape index (κ3) is 8.33. The number of carbonyl (C=O) groups excluding carboxylic acids is 2. The molecular formula is C26H38N2O3. The average molecular weight is 427 g/mol. The molecule has 0 spiro atoms. The predicted molar refractivity (Wildman–Crippen MR) is 126 cm³/mol. The van der Waals surface area contributed by atoms with Crippen LogP contribution < -0.4 is 10.6 Å². The molecule has 0 aromatic heterocycles. The van der Waals surface area contributed by atoms with E-state index in [4.69, 9.17) is 0 Å². The average Bonchev–Trinajstić information content (AvgIpc) is 2.64. The minimum Gasteiger partial charge on any atom is -0.393 e. The van der Waals surface area contributed by atoms with Gasteiger partial charge in [0.05, 0.1) is 6.10 Å². The highest BCUT2D eigenvalue weighted by Crippen LogP contribution is 2.26. The van der Waals surface area contributed by atoms with E-state index in [1.807, 2.05) is 78.0 Å². The molecule has 5 heteroatoms. The molecule has 1 atom stereocenters. The van der Waals surface area contributed by atoms with Crippen LogP contribution in [0, 0.1) is 0 Å². The summed E-state index contributed by atoms with van der Waals surface area (Å²) in [5.74, 6) is -0.186. The molecule has 0 bridgehead atoms. The van der Waals surface area contributed by atoms with E-state index in [9.17, 15) is 14.7 Å². The highest BCUT2D eigenvalue weighted by atomic mass is 16.3. The number of carbonyl (C=O) groups is 2. The molecule has 170 valence electrons. The van der Waals surface area contributed by atoms with Crippen LogP contribution in [-0.2, 0) is 11.2 Å². The Bertz CT molecular complexity index is 854. The third-order valence-electron chi connectivity index (χ3n) is 4.99. The van der Waals surface area contributed by atoms with Crippen molar-refractivity contribution in [3.8, 4) is 0 Å². The van der Waals surface area contributed by atoms with E-state index in [1.54, 1.807) is 0 Å². The van der Waals surface area contributed by atoms with Gasteiger partial charge in [0, 0.05) is 22.2 Å². The van der Waals surface area contributed by atoms with E-state index in [2.05, 4.69) is 10.6 Å². The van der Waals surface area contributed by atoms with Crippen LogP contribution >= 0.6 is 0 Å². The van der Waals surface area contributed by atoms with Gasteiger partial charge in [-0.15, -0.1) is 0 Å². The standard InChI is InChI=1S/C26H38N2O3/c1-25(2,3)27-23(30)21-13-9-7-11-18(21)15-16-20(29)17-19-12-8-10-14-22(19)24(31)28-26(4,5)6/h7,9-11,13-14,20,29H,8,12,15-17H2,1-6H3,(H,27,30)(H,28,31). The maximum absolute atomic E-state index is 12.7. The summed E-state index contributed by atoms with van der Waals surface area (Å²) in [6.07, 6.45) is 6.57. The van der Waals surface area contributed by atoms with Gasteiger partial charge in [0.1, 0.15) is 0 Å². The number of allylic oxidation sites excluding steroid dienone is 1. The van der Waals surface area contributed by atoms with Gasteiger partial charge in [0.15, 0.2) is 0 Å². The predicted octanol–water partition coefficient (Wildman–Crippen LogP) is 4.46. The van der Waals surface area contributed by atoms with E-state index < -0.39 is 6.10 Å². The fourth-order valence-corrected chi connectivity index (χ4v) is 3.64. The first-order chi connectivity index (χ1) is 14.4. The second kappa shape index (κ2) is 10.3. The lowest BCUT2D eigenvalue weighted by Crippen LogP contribution is -2.41. The monoisotopic (exact) mass is 426 g/mol. The molecule has 0 radical (unpaired) electrons. The first kappa shape index (κ1) is 24.9. The molecule has 3 N–H and O–H groups in total. The highest BCUT2D eigenvalue weighted by Gasteiger charge is 2.22. The molecule has 0 aliphatic heterocycles. The number of hydrogen-bond donors (Lipinski definition) is 3. The molecule has 1 aliphatic carbocycles. The van der Waals surface area contributed by atoms with Gasteiger partial charge in [-0.05, 0) is 85.3 Å². The lowest BCUT2D eigenvalue weighted by molar-refractivity contribution is -0.118. The molecule has 0 fully saturated rings. The zero-order chi connectivity index (χ0) is 23.2. The molecule has 5 nitrogen and oxygen atoms in total. The molecule has 0 saturated heterocycles. The Morgan fingerprint density at radius 3 is 2.26 bits per heavy atom. The fraction of sp³-hybridized carbons (Fsp3) is 0.538. The number of aliphatic hydroxyl groups is 1. The van der Waals surface area contributed by atoms with Crippen LogP contribution in [-0.4, -0.2) is 34.1 Å². The first-order valence-electron chi connectivity index (χ1n) is 11.2. The summed E-state index contributed by atoms with van der Waals surface area (Å²) in [7, 11) is 0. The Labute approximate surface area is 187 Å². The van der Waals surface area contributed by atoms with Gasteiger partial charge in [-0.2, -0.15) is 0 Å². The molecular weight excluding hydrogens is 388 g/mol. The topological polar surface area (TPSA) is 78.4 Å². The molecule has 2 rings (SSSR count). The van der Waals surface area contributed by atoms with E-state index in [-0.39, 0.29) is 22.9 Å². The highest BCUT2D eigenvalue weighted by molar-refractivity contribution is 5.97. The third-order valence-corrected chi connectivity index (χ3v) is 4.99. The summed E-state index contributed by atoms with van der Waals surface area (Å²) in [4.78, 5) is 25.3. The van der Waals surface area contributed by atoms with Crippen molar-refractivity contribution in [1.29, 1.82) is 0 Å². The molecule has 2 amide bonds. The van der Waals surface area contributed by atoms with E-state index in [1.165, 1.54) is 0 Å². The number of amides is 2. The molecule has 1 aromatic rings. The SMILES string of the molecule is CC(C)(C)NC(=O)C1=C(CC(O)CCc2ccccc2C(=O)NC(C)(C)C)CCC=C1. The number of aliphatic hydroxyl groups excluding tert-OH is 1. The maximum atomic E-state index is 12.7. The van der Waals surface area contributed by atoms with Gasteiger partial charge >= 0.3 is 0 Å². The van der Waals surface area contributed by atoms with Crippen LogP contribution in [0.2, 0.25) is 0 Å². The Morgan fingerprint density at radius 1 is 1.00 bits per heavy atom. The molecule has 1 aliphatic rings. The number of aryl methyl sites for hydroxylation is 1. The lowest BCUT2D eigenvalue weighted by atomic mass is 9.90. The van der Waals surface area contributed by atoms with E-state index in [0.717, 1.165) is 24.0 Å². The Balaban J connectivity index is 2.06. The number of benzene rings is 1. The van der Waals surface area contributed by atoms with E-state index >= 15 is 0 Å². The minimum atomic E-state index is -0.572. The van der Waals surface area contributed by atoms with Gasteiger partial charge in [-0.1, -0.05) is 35.9 Å². The van der Waals surface area contributed by atoms with Crippen molar-refractivity contribution in [3.63, 3.8) is 0 Å². The quantitative estimate of drug-likeness (QED) is 0.602. The lowest BCUT2D eigenvalue weighted by Gasteiger charge is -2.24. The van der Waals surface area contributed by atoms with Crippen molar-refractivity contribution in [1.82, 2.24) is 10.6 Å². The summed E-state index contributed by atoms with van der Waals surface area (Å²) < 4.78 is 0. The summed E-state index contributed by atoms with van der Waals surface area (Å²) in [6.45, 7) is 11.7. The Morgan fingerprint density at radius 2 is 1.61 bits per heavy atom. The van der Waals surface area contributed by atoms with Crippen molar-refractivity contribution < 1.29 is 14.7 Å². The van der Waals surface area contributed by atoms with Gasteiger partial charge in [0.25, 0.3) is 11.8 Å². The Hall–Kier alpha value is -2.40. The summed E-state index contributed by atoms with van der Waals surface area (Å²) >= 11 is 0. The fourth-order valence-electron chi connectivity index (χ4n) is 3.64. The van der Waals surface area contributed by atoms with Crippen LogP contribution in [0.15, 0.2) is 47.6 Å². The van der Waals surface area contributed by atoms with Gasteiger partial charge in [0.2, 0.25) is 0 Å². The van der Waals surface area contributed by atoms with Crippen LogP contribution in [0.25, 0.3) is 0 Å². The van der Waals surface area contributed by atoms with Gasteiger partial charge in [-0.3, -0.25) is 9.59 Å². The van der Waals surface area contributed by atoms with Crippen molar-refractivity contribution >= 4 is 11.8 Å². The molecule has 31 heavy (non-hydrogen) atoms. The van der Waals surface area contributed by atoms with Crippen molar-refractivity contribution in [2.24, 2.45) is 0 Å². The zero-order valence-electron chi connectivity index (χ0n) is 19.8. The minimum absolute atomic E-state index is 0.0881. The van der Waals surface area contributed by atoms with Crippen LogP contribution in [0.3, 0.4) is 0 Å². The largest absolute Gasteiger partial charge is 0.393 e. The van der Waals surface area contributed by atoms with Gasteiger partial charge in [-0.25, -0.2) is 0 Å². The Kier molecular flexibility index (Phi) is 8.24. The zero-order valence-corrected chi connectivity index (χ0v) is 19.8. The summed E-state index contributed by atoms with van der Waals surface area (Å²) in [5.41, 5.74) is 2.62. The smallest absolute Gasteiger partial charge is 0.251 e.